The van der Waals surface area contributed by atoms with Crippen molar-refractivity contribution in [3.63, 3.8) is 0 Å². The molecule has 2 rings (SSSR count). The number of fused-ring (bicyclic) bond motifs is 1. The Morgan fingerprint density at radius 2 is 1.89 bits per heavy atom. The Bertz CT molecular complexity index is 648. The quantitative estimate of drug-likeness (QED) is 0.367. The van der Waals surface area contributed by atoms with Gasteiger partial charge in [0, 0.05) is 11.0 Å². The first-order valence-electron chi connectivity index (χ1n) is 5.44. The minimum Gasteiger partial charge on any atom is -0.423 e. The molecule has 0 aliphatic rings. The van der Waals surface area contributed by atoms with Gasteiger partial charge in [0.25, 0.3) is 0 Å². The first-order chi connectivity index (χ1) is 8.49. The molecule has 2 aromatic rings. The number of carbonyl (C=O) groups excluding carboxylic acids is 1. The fourth-order valence-corrected chi connectivity index (χ4v) is 1.61. The number of ether oxygens (including phenoxy) is 1. The van der Waals surface area contributed by atoms with Crippen molar-refractivity contribution in [1.82, 2.24) is 0 Å². The van der Waals surface area contributed by atoms with E-state index in [1.165, 1.54) is 0 Å². The fraction of sp³-hybridized carbons (Fsp3) is 0.0714. The molecule has 0 aliphatic carbocycles. The van der Waals surface area contributed by atoms with Crippen molar-refractivity contribution >= 4 is 28.1 Å². The Kier molecular flexibility index (Phi) is 2.93. The number of esters is 1. The summed E-state index contributed by atoms with van der Waals surface area (Å²) in [5.41, 5.74) is 12.8. The van der Waals surface area contributed by atoms with E-state index in [1.54, 1.807) is 31.2 Å². The molecule has 18 heavy (non-hydrogen) atoms. The maximum Gasteiger partial charge on any atom is 0.338 e. The zero-order chi connectivity index (χ0) is 13.3. The van der Waals surface area contributed by atoms with Gasteiger partial charge >= 0.3 is 5.97 Å². The lowest BCUT2D eigenvalue weighted by Crippen LogP contribution is -2.08. The van der Waals surface area contributed by atoms with Crippen LogP contribution in [0.4, 0.5) is 11.4 Å². The molecule has 0 aliphatic heterocycles. The van der Waals surface area contributed by atoms with Crippen LogP contribution in [-0.4, -0.2) is 5.97 Å². The van der Waals surface area contributed by atoms with Crippen LogP contribution in [0.5, 0.6) is 5.75 Å². The molecule has 0 atom stereocenters. The van der Waals surface area contributed by atoms with Crippen LogP contribution < -0.4 is 16.2 Å². The fourth-order valence-electron chi connectivity index (χ4n) is 1.61. The van der Waals surface area contributed by atoms with Crippen LogP contribution in [0.15, 0.2) is 42.5 Å². The summed E-state index contributed by atoms with van der Waals surface area (Å²) in [5, 5.41) is 1.62. The molecule has 0 bridgehead atoms. The largest absolute Gasteiger partial charge is 0.423 e. The highest BCUT2D eigenvalue weighted by Gasteiger charge is 2.09. The highest BCUT2D eigenvalue weighted by atomic mass is 16.5. The molecule has 0 saturated heterocycles. The SMILES string of the molecule is C=C(C)C(=O)Oc1cccc2cc(N)c(N)cc12. The third kappa shape index (κ3) is 2.13. The lowest BCUT2D eigenvalue weighted by atomic mass is 10.1. The minimum absolute atomic E-state index is 0.343. The molecule has 2 aromatic carbocycles. The molecular weight excluding hydrogens is 228 g/mol. The van der Waals surface area contributed by atoms with Gasteiger partial charge in [-0.25, -0.2) is 4.79 Å². The average Bonchev–Trinajstić information content (AvgIpc) is 2.31. The normalized spacial score (nSPS) is 10.3. The lowest BCUT2D eigenvalue weighted by molar-refractivity contribution is -0.129. The number of nitrogens with two attached hydrogens (primary N) is 2. The second-order valence-electron chi connectivity index (χ2n) is 4.13. The monoisotopic (exact) mass is 242 g/mol. The first kappa shape index (κ1) is 12.0. The van der Waals surface area contributed by atoms with Gasteiger partial charge in [0.15, 0.2) is 0 Å². The van der Waals surface area contributed by atoms with E-state index in [0.29, 0.717) is 22.7 Å². The third-order valence-corrected chi connectivity index (χ3v) is 2.60. The van der Waals surface area contributed by atoms with Gasteiger partial charge in [-0.1, -0.05) is 18.7 Å². The van der Waals surface area contributed by atoms with Gasteiger partial charge in [0.05, 0.1) is 11.4 Å². The van der Waals surface area contributed by atoms with E-state index in [0.717, 1.165) is 10.8 Å². The smallest absolute Gasteiger partial charge is 0.338 e. The summed E-state index contributed by atoms with van der Waals surface area (Å²) in [5.74, 6) is -0.00917. The van der Waals surface area contributed by atoms with Gasteiger partial charge in [-0.3, -0.25) is 0 Å². The Morgan fingerprint density at radius 1 is 1.22 bits per heavy atom. The van der Waals surface area contributed by atoms with Crippen LogP contribution in [0.2, 0.25) is 0 Å². The molecule has 0 heterocycles. The molecule has 4 nitrogen and oxygen atoms in total. The number of anilines is 2. The van der Waals surface area contributed by atoms with Gasteiger partial charge in [0.2, 0.25) is 0 Å². The topological polar surface area (TPSA) is 78.3 Å². The van der Waals surface area contributed by atoms with Crippen molar-refractivity contribution in [3.05, 3.63) is 42.5 Å². The summed E-state index contributed by atoms with van der Waals surface area (Å²) < 4.78 is 5.25. The van der Waals surface area contributed by atoms with Crippen molar-refractivity contribution in [1.29, 1.82) is 0 Å². The van der Waals surface area contributed by atoms with E-state index in [4.69, 9.17) is 16.2 Å². The molecule has 4 N–H and O–H groups in total. The predicted molar refractivity (Wildman–Crippen MR) is 73.2 cm³/mol. The molecule has 0 radical (unpaired) electrons. The highest BCUT2D eigenvalue weighted by Crippen LogP contribution is 2.31. The van der Waals surface area contributed by atoms with Gasteiger partial charge in [-0.15, -0.1) is 0 Å². The average molecular weight is 242 g/mol. The molecule has 0 fully saturated rings. The molecule has 0 saturated carbocycles. The summed E-state index contributed by atoms with van der Waals surface area (Å²) in [6, 6.07) is 8.83. The molecule has 4 heteroatoms. The summed E-state index contributed by atoms with van der Waals surface area (Å²) >= 11 is 0. The van der Waals surface area contributed by atoms with E-state index in [-0.39, 0.29) is 0 Å². The zero-order valence-electron chi connectivity index (χ0n) is 10.1. The van der Waals surface area contributed by atoms with Gasteiger partial charge in [-0.05, 0) is 30.5 Å². The van der Waals surface area contributed by atoms with Crippen molar-refractivity contribution in [2.45, 2.75) is 6.92 Å². The lowest BCUT2D eigenvalue weighted by Gasteiger charge is -2.09. The van der Waals surface area contributed by atoms with E-state index in [1.807, 2.05) is 6.07 Å². The molecule has 0 aromatic heterocycles. The van der Waals surface area contributed by atoms with E-state index in [9.17, 15) is 4.79 Å². The maximum atomic E-state index is 11.5. The van der Waals surface area contributed by atoms with Crippen LogP contribution >= 0.6 is 0 Å². The van der Waals surface area contributed by atoms with Gasteiger partial charge in [0.1, 0.15) is 5.75 Å². The van der Waals surface area contributed by atoms with Crippen LogP contribution in [0.25, 0.3) is 10.8 Å². The maximum absolute atomic E-state index is 11.5. The number of benzene rings is 2. The van der Waals surface area contributed by atoms with E-state index in [2.05, 4.69) is 6.58 Å². The second-order valence-corrected chi connectivity index (χ2v) is 4.13. The summed E-state index contributed by atoms with van der Waals surface area (Å²) in [6.45, 7) is 5.14. The first-order valence-corrected chi connectivity index (χ1v) is 5.44. The van der Waals surface area contributed by atoms with E-state index < -0.39 is 5.97 Å². The number of hydrogen-bond acceptors (Lipinski definition) is 4. The third-order valence-electron chi connectivity index (χ3n) is 2.60. The van der Waals surface area contributed by atoms with Crippen LogP contribution in [0, 0.1) is 0 Å². The Balaban J connectivity index is 2.54. The van der Waals surface area contributed by atoms with Crippen LogP contribution in [-0.2, 0) is 4.79 Å². The summed E-state index contributed by atoms with van der Waals surface area (Å²) in [7, 11) is 0. The second kappa shape index (κ2) is 4.41. The molecule has 0 unspecified atom stereocenters. The molecule has 92 valence electrons. The molecule has 0 amide bonds. The number of rotatable bonds is 2. The Labute approximate surface area is 105 Å². The Hall–Kier alpha value is -2.49. The highest BCUT2D eigenvalue weighted by molar-refractivity contribution is 5.97. The number of hydrogen-bond donors (Lipinski definition) is 2. The van der Waals surface area contributed by atoms with Gasteiger partial charge in [-0.2, -0.15) is 0 Å². The van der Waals surface area contributed by atoms with Crippen LogP contribution in [0.3, 0.4) is 0 Å². The number of nitrogen functional groups attached to an aromatic ring is 2. The standard InChI is InChI=1S/C14H14N2O2/c1-8(2)14(17)18-13-5-3-4-9-6-11(15)12(16)7-10(9)13/h3-7H,1,15-16H2,2H3. The molecular formula is C14H14N2O2. The van der Waals surface area contributed by atoms with Gasteiger partial charge < -0.3 is 16.2 Å². The Morgan fingerprint density at radius 3 is 2.56 bits per heavy atom. The van der Waals surface area contributed by atoms with Crippen molar-refractivity contribution in [2.75, 3.05) is 11.5 Å². The molecule has 0 spiro atoms. The predicted octanol–water partition coefficient (Wildman–Crippen LogP) is 2.49. The zero-order valence-corrected chi connectivity index (χ0v) is 10.1. The van der Waals surface area contributed by atoms with Crippen molar-refractivity contribution in [2.24, 2.45) is 0 Å². The van der Waals surface area contributed by atoms with Crippen LogP contribution in [0.1, 0.15) is 6.92 Å². The number of carbonyl (C=O) groups is 1. The van der Waals surface area contributed by atoms with Crippen molar-refractivity contribution < 1.29 is 9.53 Å². The minimum atomic E-state index is -0.460. The van der Waals surface area contributed by atoms with E-state index >= 15 is 0 Å². The van der Waals surface area contributed by atoms with Crippen molar-refractivity contribution in [3.8, 4) is 5.75 Å². The summed E-state index contributed by atoms with van der Waals surface area (Å²) in [6.07, 6.45) is 0. The summed E-state index contributed by atoms with van der Waals surface area (Å²) in [4.78, 5) is 11.5.